The van der Waals surface area contributed by atoms with Crippen LogP contribution in [0, 0.1) is 23.3 Å². The van der Waals surface area contributed by atoms with Crippen LogP contribution < -0.4 is 14.8 Å². The van der Waals surface area contributed by atoms with Gasteiger partial charge in [-0.25, -0.2) is 17.6 Å². The molecule has 25 heavy (non-hydrogen) atoms. The van der Waals surface area contributed by atoms with E-state index in [0.29, 0.717) is 0 Å². The molecule has 9 heteroatoms. The number of benzene rings is 2. The number of nitrogens with one attached hydrogen (secondary N) is 1. The highest BCUT2D eigenvalue weighted by Crippen LogP contribution is 2.37. The van der Waals surface area contributed by atoms with Gasteiger partial charge >= 0.3 is 0 Å². The van der Waals surface area contributed by atoms with Gasteiger partial charge in [-0.3, -0.25) is 9.59 Å². The lowest BCUT2D eigenvalue weighted by molar-refractivity contribution is 0.101. The number of Topliss-reactive ketones (excluding diaryl/α,β-unsaturated/α-hetero) is 1. The fraction of sp³-hybridized carbons (Fsp3) is 0.125. The van der Waals surface area contributed by atoms with Gasteiger partial charge < -0.3 is 14.8 Å². The third kappa shape index (κ3) is 2.88. The summed E-state index contributed by atoms with van der Waals surface area (Å²) in [6.45, 7) is 1.12. The molecule has 0 atom stereocenters. The zero-order chi connectivity index (χ0) is 18.3. The lowest BCUT2D eigenvalue weighted by Crippen LogP contribution is -2.17. The molecule has 0 saturated heterocycles. The van der Waals surface area contributed by atoms with Crippen molar-refractivity contribution in [1.82, 2.24) is 0 Å². The first-order valence-corrected chi connectivity index (χ1v) is 6.88. The van der Waals surface area contributed by atoms with Crippen LogP contribution in [0.3, 0.4) is 0 Å². The molecule has 0 bridgehead atoms. The molecule has 2 aromatic carbocycles. The summed E-state index contributed by atoms with van der Waals surface area (Å²) in [5.41, 5.74) is -1.11. The molecule has 1 amide bonds. The SMILES string of the molecule is CC(=O)c1cc2c(cc1NC(=O)c1cc(F)c(F)c(F)c1F)OCO2. The molecule has 0 radical (unpaired) electrons. The molecule has 1 N–H and O–H groups in total. The van der Waals surface area contributed by atoms with Crippen molar-refractivity contribution in [3.8, 4) is 11.5 Å². The summed E-state index contributed by atoms with van der Waals surface area (Å²) < 4.78 is 63.5. The Morgan fingerprint density at radius 2 is 1.56 bits per heavy atom. The number of carbonyl (C=O) groups is 2. The van der Waals surface area contributed by atoms with Crippen LogP contribution in [0.4, 0.5) is 23.2 Å². The molecule has 0 spiro atoms. The van der Waals surface area contributed by atoms with Gasteiger partial charge in [0.05, 0.1) is 11.3 Å². The molecule has 0 unspecified atom stereocenters. The first-order chi connectivity index (χ1) is 11.8. The molecule has 0 aliphatic carbocycles. The molecule has 0 saturated carbocycles. The average Bonchev–Trinajstić information content (AvgIpc) is 3.02. The van der Waals surface area contributed by atoms with Crippen molar-refractivity contribution in [3.05, 3.63) is 52.6 Å². The van der Waals surface area contributed by atoms with E-state index >= 15 is 0 Å². The number of fused-ring (bicyclic) bond motifs is 1. The number of hydrogen-bond acceptors (Lipinski definition) is 4. The molecule has 0 fully saturated rings. The zero-order valence-corrected chi connectivity index (χ0v) is 12.6. The number of rotatable bonds is 3. The number of ether oxygens (including phenoxy) is 2. The van der Waals surface area contributed by atoms with Crippen molar-refractivity contribution in [2.45, 2.75) is 6.92 Å². The van der Waals surface area contributed by atoms with Crippen LogP contribution in [-0.2, 0) is 0 Å². The minimum Gasteiger partial charge on any atom is -0.454 e. The van der Waals surface area contributed by atoms with Gasteiger partial charge in [0.1, 0.15) is 0 Å². The van der Waals surface area contributed by atoms with Crippen LogP contribution in [0.25, 0.3) is 0 Å². The Balaban J connectivity index is 2.01. The maximum absolute atomic E-state index is 13.7. The van der Waals surface area contributed by atoms with Gasteiger partial charge in [0.15, 0.2) is 40.6 Å². The summed E-state index contributed by atoms with van der Waals surface area (Å²) >= 11 is 0. The summed E-state index contributed by atoms with van der Waals surface area (Å²) in [4.78, 5) is 23.8. The van der Waals surface area contributed by atoms with Crippen molar-refractivity contribution in [2.75, 3.05) is 12.1 Å². The summed E-state index contributed by atoms with van der Waals surface area (Å²) in [5.74, 6) is -8.93. The molecule has 1 heterocycles. The predicted molar refractivity (Wildman–Crippen MR) is 76.8 cm³/mol. The van der Waals surface area contributed by atoms with Crippen molar-refractivity contribution in [1.29, 1.82) is 0 Å². The Kier molecular flexibility index (Phi) is 4.07. The lowest BCUT2D eigenvalue weighted by atomic mass is 10.1. The van der Waals surface area contributed by atoms with Crippen molar-refractivity contribution < 1.29 is 36.6 Å². The quantitative estimate of drug-likeness (QED) is 0.397. The van der Waals surface area contributed by atoms with Crippen LogP contribution in [-0.4, -0.2) is 18.5 Å². The molecular formula is C16H9F4NO4. The Bertz CT molecular complexity index is 914. The van der Waals surface area contributed by atoms with Crippen LogP contribution in [0.5, 0.6) is 11.5 Å². The van der Waals surface area contributed by atoms with E-state index in [9.17, 15) is 27.2 Å². The Morgan fingerprint density at radius 1 is 0.920 bits per heavy atom. The second kappa shape index (κ2) is 6.08. The zero-order valence-electron chi connectivity index (χ0n) is 12.6. The summed E-state index contributed by atoms with van der Waals surface area (Å²) in [5, 5.41) is 2.16. The molecule has 2 aromatic rings. The predicted octanol–water partition coefficient (Wildman–Crippen LogP) is 3.43. The maximum Gasteiger partial charge on any atom is 0.258 e. The fourth-order valence-electron chi connectivity index (χ4n) is 2.26. The van der Waals surface area contributed by atoms with Gasteiger partial charge in [0, 0.05) is 11.6 Å². The van der Waals surface area contributed by atoms with E-state index in [-0.39, 0.29) is 35.6 Å². The van der Waals surface area contributed by atoms with Crippen LogP contribution in [0.15, 0.2) is 18.2 Å². The minimum atomic E-state index is -2.11. The third-order valence-corrected chi connectivity index (χ3v) is 3.49. The molecule has 5 nitrogen and oxygen atoms in total. The molecule has 0 aromatic heterocycles. The van der Waals surface area contributed by atoms with E-state index in [1.165, 1.54) is 19.1 Å². The Morgan fingerprint density at radius 3 is 2.20 bits per heavy atom. The molecular weight excluding hydrogens is 346 g/mol. The van der Waals surface area contributed by atoms with Gasteiger partial charge in [-0.1, -0.05) is 0 Å². The van der Waals surface area contributed by atoms with Crippen molar-refractivity contribution in [3.63, 3.8) is 0 Å². The topological polar surface area (TPSA) is 64.6 Å². The van der Waals surface area contributed by atoms with Gasteiger partial charge in [0.25, 0.3) is 5.91 Å². The van der Waals surface area contributed by atoms with E-state index in [0.717, 1.165) is 0 Å². The molecule has 1 aliphatic heterocycles. The first kappa shape index (κ1) is 16.7. The van der Waals surface area contributed by atoms with E-state index in [4.69, 9.17) is 9.47 Å². The van der Waals surface area contributed by atoms with E-state index in [1.54, 1.807) is 0 Å². The van der Waals surface area contributed by atoms with Gasteiger partial charge in [0.2, 0.25) is 6.79 Å². The fourth-order valence-corrected chi connectivity index (χ4v) is 2.26. The molecule has 1 aliphatic rings. The number of ketones is 1. The second-order valence-electron chi connectivity index (χ2n) is 5.11. The third-order valence-electron chi connectivity index (χ3n) is 3.49. The standard InChI is InChI=1S/C16H9F4NO4/c1-6(22)7-3-11-12(25-5-24-11)4-10(7)21-16(23)8-2-9(17)14(19)15(20)13(8)18/h2-4H,5H2,1H3,(H,21,23). The second-order valence-corrected chi connectivity index (χ2v) is 5.11. The number of carbonyl (C=O) groups excluding carboxylic acids is 2. The summed E-state index contributed by atoms with van der Waals surface area (Å²) in [6.07, 6.45) is 0. The van der Waals surface area contributed by atoms with E-state index < -0.39 is 40.5 Å². The smallest absolute Gasteiger partial charge is 0.258 e. The van der Waals surface area contributed by atoms with Crippen molar-refractivity contribution in [2.24, 2.45) is 0 Å². The van der Waals surface area contributed by atoms with Gasteiger partial charge in [-0.2, -0.15) is 0 Å². The van der Waals surface area contributed by atoms with Crippen LogP contribution >= 0.6 is 0 Å². The highest BCUT2D eigenvalue weighted by atomic mass is 19.2. The summed E-state index contributed by atoms with van der Waals surface area (Å²) in [6, 6.07) is 2.79. The largest absolute Gasteiger partial charge is 0.454 e. The van der Waals surface area contributed by atoms with E-state index in [1.807, 2.05) is 0 Å². The monoisotopic (exact) mass is 355 g/mol. The Hall–Kier alpha value is -3.10. The minimum absolute atomic E-state index is 0.0149. The summed E-state index contributed by atoms with van der Waals surface area (Å²) in [7, 11) is 0. The van der Waals surface area contributed by atoms with E-state index in [2.05, 4.69) is 5.32 Å². The number of amides is 1. The van der Waals surface area contributed by atoms with Crippen LogP contribution in [0.1, 0.15) is 27.6 Å². The maximum atomic E-state index is 13.7. The average molecular weight is 355 g/mol. The highest BCUT2D eigenvalue weighted by molar-refractivity contribution is 6.09. The molecule has 130 valence electrons. The van der Waals surface area contributed by atoms with Crippen molar-refractivity contribution >= 4 is 17.4 Å². The molecule has 3 rings (SSSR count). The number of anilines is 1. The highest BCUT2D eigenvalue weighted by Gasteiger charge is 2.25. The lowest BCUT2D eigenvalue weighted by Gasteiger charge is -2.11. The first-order valence-electron chi connectivity index (χ1n) is 6.88. The van der Waals surface area contributed by atoms with Gasteiger partial charge in [-0.05, 0) is 19.1 Å². The number of halogens is 4. The van der Waals surface area contributed by atoms with Gasteiger partial charge in [-0.15, -0.1) is 0 Å². The normalized spacial score (nSPS) is 12.2. The Labute approximate surface area is 138 Å². The van der Waals surface area contributed by atoms with Crippen LogP contribution in [0.2, 0.25) is 0 Å². The number of hydrogen-bond donors (Lipinski definition) is 1.